The maximum atomic E-state index is 13.5. The van der Waals surface area contributed by atoms with Crippen LogP contribution < -0.4 is 10.1 Å². The van der Waals surface area contributed by atoms with Gasteiger partial charge in [0.25, 0.3) is 24.4 Å². The SMILES string of the molecule is O=C(Nc1cc(OCC(F)F)cc([N+](=O)[O-])c1)c1cc2nc(C3CC3)cc(C(F)F)n2n1. The topological polar surface area (TPSA) is 112 Å². The molecule has 13 heteroatoms. The van der Waals surface area contributed by atoms with Crippen molar-refractivity contribution in [3.8, 4) is 5.75 Å². The van der Waals surface area contributed by atoms with Crippen LogP contribution in [0.3, 0.4) is 0 Å². The van der Waals surface area contributed by atoms with Crippen LogP contribution in [0.25, 0.3) is 5.65 Å². The van der Waals surface area contributed by atoms with Crippen molar-refractivity contribution in [1.82, 2.24) is 14.6 Å². The van der Waals surface area contributed by atoms with Gasteiger partial charge in [-0.25, -0.2) is 27.1 Å². The Balaban J connectivity index is 1.63. The van der Waals surface area contributed by atoms with Gasteiger partial charge in [-0.05, 0) is 18.9 Å². The second-order valence-corrected chi connectivity index (χ2v) is 7.11. The normalized spacial score (nSPS) is 13.7. The fourth-order valence-corrected chi connectivity index (χ4v) is 3.07. The van der Waals surface area contributed by atoms with Crippen molar-refractivity contribution in [3.05, 3.63) is 57.5 Å². The van der Waals surface area contributed by atoms with E-state index in [4.69, 9.17) is 4.74 Å². The molecule has 2 aromatic heterocycles. The minimum Gasteiger partial charge on any atom is -0.487 e. The van der Waals surface area contributed by atoms with E-state index in [2.05, 4.69) is 15.4 Å². The number of carbonyl (C=O) groups excluding carboxylic acids is 1. The first-order valence-electron chi connectivity index (χ1n) is 9.42. The lowest BCUT2D eigenvalue weighted by atomic mass is 10.2. The Bertz CT molecular complexity index is 1200. The van der Waals surface area contributed by atoms with E-state index >= 15 is 0 Å². The molecule has 1 amide bonds. The van der Waals surface area contributed by atoms with E-state index in [9.17, 15) is 32.5 Å². The Morgan fingerprint density at radius 3 is 2.59 bits per heavy atom. The molecule has 2 heterocycles. The largest absolute Gasteiger partial charge is 0.487 e. The summed E-state index contributed by atoms with van der Waals surface area (Å²) in [6, 6.07) is 5.53. The summed E-state index contributed by atoms with van der Waals surface area (Å²) in [6.07, 6.45) is -3.96. The van der Waals surface area contributed by atoms with Crippen molar-refractivity contribution in [2.24, 2.45) is 0 Å². The molecule has 0 radical (unpaired) electrons. The van der Waals surface area contributed by atoms with E-state index in [0.29, 0.717) is 5.69 Å². The third-order valence-electron chi connectivity index (χ3n) is 4.66. The van der Waals surface area contributed by atoms with Crippen LogP contribution in [0.2, 0.25) is 0 Å². The van der Waals surface area contributed by atoms with Gasteiger partial charge in [-0.3, -0.25) is 14.9 Å². The summed E-state index contributed by atoms with van der Waals surface area (Å²) >= 11 is 0. The molecule has 0 aliphatic heterocycles. The van der Waals surface area contributed by atoms with E-state index in [1.165, 1.54) is 12.1 Å². The quantitative estimate of drug-likeness (QED) is 0.308. The summed E-state index contributed by atoms with van der Waals surface area (Å²) in [5.41, 5.74) is -0.721. The Labute approximate surface area is 177 Å². The maximum absolute atomic E-state index is 13.5. The van der Waals surface area contributed by atoms with Gasteiger partial charge in [0, 0.05) is 29.8 Å². The maximum Gasteiger partial charge on any atom is 0.280 e. The molecule has 9 nitrogen and oxygen atoms in total. The number of nitro groups is 1. The molecule has 168 valence electrons. The van der Waals surface area contributed by atoms with Gasteiger partial charge in [0.2, 0.25) is 0 Å². The van der Waals surface area contributed by atoms with Crippen LogP contribution in [0.4, 0.5) is 28.9 Å². The summed E-state index contributed by atoms with van der Waals surface area (Å²) in [5, 5.41) is 17.3. The smallest absolute Gasteiger partial charge is 0.280 e. The highest BCUT2D eigenvalue weighted by Crippen LogP contribution is 2.40. The fourth-order valence-electron chi connectivity index (χ4n) is 3.07. The van der Waals surface area contributed by atoms with E-state index in [1.807, 2.05) is 0 Å². The number of aromatic nitrogens is 3. The number of nitrogens with one attached hydrogen (secondary N) is 1. The first-order valence-corrected chi connectivity index (χ1v) is 9.42. The molecule has 1 N–H and O–H groups in total. The van der Waals surface area contributed by atoms with Gasteiger partial charge in [-0.2, -0.15) is 5.10 Å². The van der Waals surface area contributed by atoms with Crippen LogP contribution in [0.1, 0.15) is 47.1 Å². The number of rotatable bonds is 8. The molecule has 4 rings (SSSR count). The Morgan fingerprint density at radius 2 is 1.97 bits per heavy atom. The predicted molar refractivity (Wildman–Crippen MR) is 102 cm³/mol. The molecule has 0 unspecified atom stereocenters. The number of fused-ring (bicyclic) bond motifs is 1. The molecule has 0 saturated heterocycles. The Morgan fingerprint density at radius 1 is 1.22 bits per heavy atom. The van der Waals surface area contributed by atoms with Gasteiger partial charge in [0.15, 0.2) is 11.3 Å². The second kappa shape index (κ2) is 8.40. The highest BCUT2D eigenvalue weighted by molar-refractivity contribution is 6.03. The Hall–Kier alpha value is -3.77. The standard InChI is InChI=1S/C19H15F4N5O4/c20-16(21)8-32-12-4-10(3-11(5-12)28(30)31)24-19(29)14-7-17-25-13(9-1-2-9)6-15(18(22)23)27(17)26-14/h3-7,9,16,18H,1-2,8H2,(H,24,29). The van der Waals surface area contributed by atoms with Crippen molar-refractivity contribution in [2.45, 2.75) is 31.6 Å². The molecular formula is C19H15F4N5O4. The molecule has 0 spiro atoms. The molecular weight excluding hydrogens is 438 g/mol. The van der Waals surface area contributed by atoms with Crippen LogP contribution in [0, 0.1) is 10.1 Å². The third kappa shape index (κ3) is 4.60. The average molecular weight is 453 g/mol. The van der Waals surface area contributed by atoms with Gasteiger partial charge >= 0.3 is 0 Å². The zero-order valence-electron chi connectivity index (χ0n) is 16.2. The van der Waals surface area contributed by atoms with Crippen molar-refractivity contribution in [3.63, 3.8) is 0 Å². The number of non-ortho nitro benzene ring substituents is 1. The lowest BCUT2D eigenvalue weighted by Gasteiger charge is -2.08. The van der Waals surface area contributed by atoms with E-state index in [-0.39, 0.29) is 28.7 Å². The van der Waals surface area contributed by atoms with Crippen molar-refractivity contribution in [2.75, 3.05) is 11.9 Å². The van der Waals surface area contributed by atoms with Gasteiger partial charge in [0.1, 0.15) is 18.1 Å². The van der Waals surface area contributed by atoms with E-state index in [0.717, 1.165) is 35.6 Å². The molecule has 1 fully saturated rings. The van der Waals surface area contributed by atoms with Gasteiger partial charge in [0.05, 0.1) is 16.7 Å². The fraction of sp³-hybridized carbons (Fsp3) is 0.316. The third-order valence-corrected chi connectivity index (χ3v) is 4.66. The minimum atomic E-state index is -2.85. The first-order chi connectivity index (χ1) is 15.2. The van der Waals surface area contributed by atoms with E-state index < -0.39 is 41.7 Å². The van der Waals surface area contributed by atoms with Gasteiger partial charge < -0.3 is 10.1 Å². The summed E-state index contributed by atoms with van der Waals surface area (Å²) in [5.74, 6) is -1.01. The number of hydrogen-bond acceptors (Lipinski definition) is 6. The number of nitrogens with zero attached hydrogens (tertiary/aromatic N) is 4. The van der Waals surface area contributed by atoms with Gasteiger partial charge in [-0.15, -0.1) is 0 Å². The van der Waals surface area contributed by atoms with Gasteiger partial charge in [-0.1, -0.05) is 0 Å². The zero-order chi connectivity index (χ0) is 23.0. The predicted octanol–water partition coefficient (Wildman–Crippen LogP) is 4.35. The molecule has 1 saturated carbocycles. The first kappa shape index (κ1) is 21.5. The van der Waals surface area contributed by atoms with Crippen molar-refractivity contribution in [1.29, 1.82) is 0 Å². The molecule has 1 aliphatic rings. The van der Waals surface area contributed by atoms with Crippen LogP contribution in [-0.2, 0) is 0 Å². The lowest BCUT2D eigenvalue weighted by molar-refractivity contribution is -0.384. The number of nitro benzene ring substituents is 1. The van der Waals surface area contributed by atoms with Crippen LogP contribution in [0.15, 0.2) is 30.3 Å². The molecule has 32 heavy (non-hydrogen) atoms. The number of hydrogen-bond donors (Lipinski definition) is 1. The number of benzene rings is 1. The highest BCUT2D eigenvalue weighted by atomic mass is 19.3. The average Bonchev–Trinajstić information content (AvgIpc) is 3.49. The molecule has 3 aromatic rings. The summed E-state index contributed by atoms with van der Waals surface area (Å²) < 4.78 is 57.4. The van der Waals surface area contributed by atoms with Crippen LogP contribution >= 0.6 is 0 Å². The summed E-state index contributed by atoms with van der Waals surface area (Å²) in [7, 11) is 0. The lowest BCUT2D eigenvalue weighted by Crippen LogP contribution is -2.14. The number of ether oxygens (including phenoxy) is 1. The summed E-state index contributed by atoms with van der Waals surface area (Å²) in [6.45, 7) is -0.994. The zero-order valence-corrected chi connectivity index (χ0v) is 16.2. The van der Waals surface area contributed by atoms with Crippen molar-refractivity contribution < 1.29 is 32.0 Å². The summed E-state index contributed by atoms with van der Waals surface area (Å²) in [4.78, 5) is 27.2. The number of alkyl halides is 4. The van der Waals surface area contributed by atoms with Crippen LogP contribution in [-0.4, -0.2) is 38.5 Å². The number of halogens is 4. The van der Waals surface area contributed by atoms with Crippen LogP contribution in [0.5, 0.6) is 5.75 Å². The molecule has 0 atom stereocenters. The number of anilines is 1. The molecule has 0 bridgehead atoms. The number of carbonyl (C=O) groups is 1. The molecule has 1 aromatic carbocycles. The van der Waals surface area contributed by atoms with E-state index in [1.54, 1.807) is 0 Å². The van der Waals surface area contributed by atoms with Crippen molar-refractivity contribution >= 4 is 22.9 Å². The molecule has 1 aliphatic carbocycles. The highest BCUT2D eigenvalue weighted by Gasteiger charge is 2.28. The Kier molecular flexibility index (Phi) is 5.63. The monoisotopic (exact) mass is 453 g/mol. The number of amides is 1. The minimum absolute atomic E-state index is 0.0647. The second-order valence-electron chi connectivity index (χ2n) is 7.11.